The number of hydrogen-bond acceptors (Lipinski definition) is 8. The maximum absolute atomic E-state index is 15.2. The summed E-state index contributed by atoms with van der Waals surface area (Å²) < 4.78 is 31.5. The summed E-state index contributed by atoms with van der Waals surface area (Å²) in [6, 6.07) is 21.6. The fraction of sp³-hybridized carbons (Fsp3) is 0.229. The molecule has 1 amide bonds. The zero-order chi connectivity index (χ0) is 33.0. The Morgan fingerprint density at radius 3 is 2.30 bits per heavy atom. The number of carboxylic acid groups (broad SMARTS) is 1. The number of rotatable bonds is 10. The molecule has 46 heavy (non-hydrogen) atoms. The van der Waals surface area contributed by atoms with Crippen LogP contribution in [0.4, 0.5) is 14.9 Å². The first-order chi connectivity index (χ1) is 21.8. The van der Waals surface area contributed by atoms with Gasteiger partial charge in [-0.1, -0.05) is 41.1 Å². The van der Waals surface area contributed by atoms with Crippen molar-refractivity contribution in [2.45, 2.75) is 46.1 Å². The lowest BCUT2D eigenvalue weighted by Gasteiger charge is -2.19. The minimum Gasteiger partial charge on any atom is -0.481 e. The minimum atomic E-state index is -1.18. The summed E-state index contributed by atoms with van der Waals surface area (Å²) in [7, 11) is 0. The molecule has 0 aliphatic rings. The van der Waals surface area contributed by atoms with E-state index in [1.165, 1.54) is 18.2 Å². The summed E-state index contributed by atoms with van der Waals surface area (Å²) in [6.07, 6.45) is -0.990. The number of ketones is 1. The quantitative estimate of drug-likeness (QED) is 0.148. The van der Waals surface area contributed by atoms with Crippen LogP contribution in [-0.2, 0) is 16.0 Å². The van der Waals surface area contributed by atoms with Gasteiger partial charge in [-0.15, -0.1) is 0 Å². The highest BCUT2D eigenvalue weighted by Gasteiger charge is 2.25. The molecular weight excluding hydrogens is 593 g/mol. The van der Waals surface area contributed by atoms with Gasteiger partial charge in [-0.25, -0.2) is 9.18 Å². The second-order valence-electron chi connectivity index (χ2n) is 11.8. The van der Waals surface area contributed by atoms with E-state index in [2.05, 4.69) is 15.5 Å². The predicted molar refractivity (Wildman–Crippen MR) is 168 cm³/mol. The van der Waals surface area contributed by atoms with Crippen LogP contribution in [0.25, 0.3) is 34.2 Å². The zero-order valence-corrected chi connectivity index (χ0v) is 25.7. The number of carboxylic acids is 1. The van der Waals surface area contributed by atoms with Gasteiger partial charge in [-0.05, 0) is 88.2 Å². The molecule has 1 unspecified atom stereocenters. The van der Waals surface area contributed by atoms with Crippen molar-refractivity contribution in [1.29, 1.82) is 0 Å². The number of nitrogens with zero attached hydrogens (tertiary/aromatic N) is 2. The number of Topliss-reactive ketones (excluding diaryl/α,β-unsaturated/α-hetero) is 1. The lowest BCUT2D eigenvalue weighted by molar-refractivity contribution is -0.141. The average molecular weight is 626 g/mol. The van der Waals surface area contributed by atoms with Crippen molar-refractivity contribution in [3.05, 3.63) is 102 Å². The number of aryl methyl sites for hydroxylation is 1. The number of halogens is 1. The van der Waals surface area contributed by atoms with Gasteiger partial charge in [0.1, 0.15) is 17.2 Å². The monoisotopic (exact) mass is 625 g/mol. The Labute approximate surface area is 264 Å². The molecule has 2 heterocycles. The van der Waals surface area contributed by atoms with E-state index in [1.807, 2.05) is 31.2 Å². The van der Waals surface area contributed by atoms with E-state index in [9.17, 15) is 19.5 Å². The Balaban J connectivity index is 1.23. The third kappa shape index (κ3) is 7.92. The summed E-state index contributed by atoms with van der Waals surface area (Å²) in [6.45, 7) is 7.25. The Kier molecular flexibility index (Phi) is 9.13. The van der Waals surface area contributed by atoms with E-state index < -0.39 is 35.2 Å². The lowest BCUT2D eigenvalue weighted by atomic mass is 9.93. The number of amides is 1. The van der Waals surface area contributed by atoms with Gasteiger partial charge in [-0.2, -0.15) is 4.98 Å². The number of aliphatic carboxylic acids is 1. The summed E-state index contributed by atoms with van der Waals surface area (Å²) in [5.74, 6) is -2.72. The van der Waals surface area contributed by atoms with Crippen molar-refractivity contribution < 1.29 is 37.6 Å². The fourth-order valence-electron chi connectivity index (χ4n) is 4.65. The smallest absolute Gasteiger partial charge is 0.412 e. The normalized spacial score (nSPS) is 12.0. The van der Waals surface area contributed by atoms with Crippen LogP contribution < -0.4 is 5.32 Å². The molecule has 236 valence electrons. The van der Waals surface area contributed by atoms with E-state index in [1.54, 1.807) is 57.2 Å². The van der Waals surface area contributed by atoms with E-state index in [0.717, 1.165) is 11.1 Å². The maximum Gasteiger partial charge on any atom is 0.412 e. The van der Waals surface area contributed by atoms with Crippen molar-refractivity contribution in [2.75, 3.05) is 5.32 Å². The van der Waals surface area contributed by atoms with Crippen molar-refractivity contribution in [3.8, 4) is 34.2 Å². The number of anilines is 1. The molecule has 1 atom stereocenters. The molecule has 10 nitrogen and oxygen atoms in total. The van der Waals surface area contributed by atoms with Crippen LogP contribution in [0.2, 0.25) is 0 Å². The van der Waals surface area contributed by atoms with Gasteiger partial charge in [0.15, 0.2) is 11.5 Å². The highest BCUT2D eigenvalue weighted by Crippen LogP contribution is 2.28. The van der Waals surface area contributed by atoms with Crippen LogP contribution >= 0.6 is 0 Å². The molecule has 0 fully saturated rings. The summed E-state index contributed by atoms with van der Waals surface area (Å²) in [4.78, 5) is 41.2. The second-order valence-corrected chi connectivity index (χ2v) is 11.8. The Morgan fingerprint density at radius 1 is 0.957 bits per heavy atom. The maximum atomic E-state index is 15.2. The molecule has 2 aromatic heterocycles. The molecule has 5 aromatic rings. The number of nitrogens with one attached hydrogen (secondary N) is 1. The van der Waals surface area contributed by atoms with Gasteiger partial charge in [0.2, 0.25) is 5.82 Å². The Hall–Kier alpha value is -5.58. The van der Waals surface area contributed by atoms with Crippen LogP contribution in [0.15, 0.2) is 87.8 Å². The van der Waals surface area contributed by atoms with Crippen LogP contribution in [0.3, 0.4) is 0 Å². The second kappa shape index (κ2) is 13.2. The van der Waals surface area contributed by atoms with Crippen molar-refractivity contribution in [2.24, 2.45) is 5.92 Å². The molecule has 0 aliphatic carbocycles. The number of carbonyl (C=O) groups is 3. The third-order valence-electron chi connectivity index (χ3n) is 6.96. The van der Waals surface area contributed by atoms with Crippen LogP contribution in [0.1, 0.15) is 48.9 Å². The van der Waals surface area contributed by atoms with Gasteiger partial charge >= 0.3 is 12.1 Å². The summed E-state index contributed by atoms with van der Waals surface area (Å²) >= 11 is 0. The van der Waals surface area contributed by atoms with Crippen molar-refractivity contribution >= 4 is 23.5 Å². The highest BCUT2D eigenvalue weighted by molar-refractivity contribution is 5.96. The lowest BCUT2D eigenvalue weighted by Crippen LogP contribution is -2.27. The van der Waals surface area contributed by atoms with E-state index >= 15 is 4.39 Å². The van der Waals surface area contributed by atoms with Crippen LogP contribution in [0.5, 0.6) is 0 Å². The van der Waals surface area contributed by atoms with Crippen molar-refractivity contribution in [1.82, 2.24) is 10.1 Å². The van der Waals surface area contributed by atoms with Crippen LogP contribution in [-0.4, -0.2) is 38.7 Å². The van der Waals surface area contributed by atoms with Gasteiger partial charge in [0.25, 0.3) is 5.89 Å². The number of hydrogen-bond donors (Lipinski definition) is 2. The topological polar surface area (TPSA) is 145 Å². The first-order valence-electron chi connectivity index (χ1n) is 14.5. The van der Waals surface area contributed by atoms with Gasteiger partial charge in [0, 0.05) is 23.2 Å². The molecule has 3 aromatic carbocycles. The van der Waals surface area contributed by atoms with E-state index in [0.29, 0.717) is 22.6 Å². The average Bonchev–Trinajstić information content (AvgIpc) is 3.68. The Bertz CT molecular complexity index is 1870. The molecule has 0 aliphatic heterocycles. The van der Waals surface area contributed by atoms with Crippen molar-refractivity contribution in [3.63, 3.8) is 0 Å². The van der Waals surface area contributed by atoms with Gasteiger partial charge in [-0.3, -0.25) is 14.9 Å². The molecule has 0 saturated heterocycles. The largest absolute Gasteiger partial charge is 0.481 e. The predicted octanol–water partition coefficient (Wildman–Crippen LogP) is 7.97. The van der Waals surface area contributed by atoms with E-state index in [4.69, 9.17) is 13.7 Å². The first kappa shape index (κ1) is 31.8. The first-order valence-corrected chi connectivity index (χ1v) is 14.5. The molecule has 0 spiro atoms. The zero-order valence-electron chi connectivity index (χ0n) is 25.7. The van der Waals surface area contributed by atoms with Gasteiger partial charge < -0.3 is 18.8 Å². The number of aromatic nitrogens is 2. The standard InChI is InChI=1S/C35H32FN3O7/c1-20-5-8-22(9-6-20)29-15-16-30(44-29)28(40)19-24(33(41)42)17-21-7-14-26(27(36)18-21)31-38-32(46-39-31)23-10-12-25(13-11-23)37-34(43)45-35(2,3)4/h5-16,18,24H,17,19H2,1-4H3,(H,37,43)(H,41,42). The SMILES string of the molecule is Cc1ccc(-c2ccc(C(=O)CC(Cc3ccc(-c4noc(-c5ccc(NC(=O)OC(C)(C)C)cc5)n4)c(F)c3)C(=O)O)o2)cc1. The number of furan rings is 1. The number of ether oxygens (including phenoxy) is 1. The fourth-order valence-corrected chi connectivity index (χ4v) is 4.65. The molecule has 11 heteroatoms. The Morgan fingerprint density at radius 2 is 1.65 bits per heavy atom. The highest BCUT2D eigenvalue weighted by atomic mass is 19.1. The molecule has 0 bridgehead atoms. The number of benzene rings is 3. The minimum absolute atomic E-state index is 0.00201. The summed E-state index contributed by atoms with van der Waals surface area (Å²) in [5.41, 5.74) is 2.73. The molecule has 2 N–H and O–H groups in total. The third-order valence-corrected chi connectivity index (χ3v) is 6.96. The molecular formula is C35H32FN3O7. The molecule has 0 saturated carbocycles. The van der Waals surface area contributed by atoms with Crippen LogP contribution in [0, 0.1) is 18.7 Å². The molecule has 5 rings (SSSR count). The summed E-state index contributed by atoms with van der Waals surface area (Å²) in [5, 5.41) is 16.3. The van der Waals surface area contributed by atoms with E-state index in [-0.39, 0.29) is 35.9 Å². The van der Waals surface area contributed by atoms with Gasteiger partial charge in [0.05, 0.1) is 11.5 Å². The molecule has 0 radical (unpaired) electrons. The number of carbonyl (C=O) groups excluding carboxylic acids is 2.